The molecular formula is C17H20N4O4. The van der Waals surface area contributed by atoms with Gasteiger partial charge in [0.05, 0.1) is 19.5 Å². The molecule has 8 heteroatoms. The van der Waals surface area contributed by atoms with Gasteiger partial charge >= 0.3 is 5.69 Å². The van der Waals surface area contributed by atoms with E-state index in [4.69, 9.17) is 9.47 Å². The van der Waals surface area contributed by atoms with Crippen molar-refractivity contribution in [2.45, 2.75) is 13.3 Å². The molecule has 0 aliphatic rings. The standard InChI is InChI=1S/C17H20N4O4/c1-19-15-14(16(22)21(17(19)23)12-25-9-8-24-2)20(11-18-15)10-13-6-4-3-5-7-13/h3-7,11H,8-10,12H2,1-2H3. The molecule has 25 heavy (non-hydrogen) atoms. The number of imidazole rings is 1. The van der Waals surface area contributed by atoms with E-state index in [9.17, 15) is 9.59 Å². The Morgan fingerprint density at radius 3 is 2.60 bits per heavy atom. The van der Waals surface area contributed by atoms with Gasteiger partial charge in [-0.3, -0.25) is 9.36 Å². The number of fused-ring (bicyclic) bond motifs is 1. The summed E-state index contributed by atoms with van der Waals surface area (Å²) >= 11 is 0. The van der Waals surface area contributed by atoms with E-state index in [0.29, 0.717) is 30.9 Å². The molecule has 0 amide bonds. The number of rotatable bonds is 7. The first kappa shape index (κ1) is 17.1. The highest BCUT2D eigenvalue weighted by Crippen LogP contribution is 2.09. The first-order valence-electron chi connectivity index (χ1n) is 7.88. The van der Waals surface area contributed by atoms with Gasteiger partial charge < -0.3 is 14.0 Å². The first-order chi connectivity index (χ1) is 12.1. The summed E-state index contributed by atoms with van der Waals surface area (Å²) in [5.74, 6) is 0. The Morgan fingerprint density at radius 2 is 1.88 bits per heavy atom. The molecule has 0 unspecified atom stereocenters. The van der Waals surface area contributed by atoms with Crippen LogP contribution >= 0.6 is 0 Å². The van der Waals surface area contributed by atoms with Gasteiger partial charge in [0.15, 0.2) is 11.2 Å². The molecule has 0 spiro atoms. The van der Waals surface area contributed by atoms with Gasteiger partial charge in [0, 0.05) is 20.7 Å². The van der Waals surface area contributed by atoms with Gasteiger partial charge in [0.2, 0.25) is 0 Å². The molecule has 0 fully saturated rings. The fourth-order valence-corrected chi connectivity index (χ4v) is 2.63. The van der Waals surface area contributed by atoms with Crippen LogP contribution in [0.4, 0.5) is 0 Å². The summed E-state index contributed by atoms with van der Waals surface area (Å²) in [6, 6.07) is 9.75. The molecular weight excluding hydrogens is 324 g/mol. The number of aryl methyl sites for hydroxylation is 1. The van der Waals surface area contributed by atoms with Crippen LogP contribution in [-0.2, 0) is 29.8 Å². The van der Waals surface area contributed by atoms with Gasteiger partial charge in [-0.15, -0.1) is 0 Å². The van der Waals surface area contributed by atoms with E-state index in [2.05, 4.69) is 4.98 Å². The second-order valence-corrected chi connectivity index (χ2v) is 5.64. The molecule has 0 aliphatic carbocycles. The Labute approximate surface area is 143 Å². The highest BCUT2D eigenvalue weighted by Gasteiger charge is 2.16. The lowest BCUT2D eigenvalue weighted by atomic mass is 10.2. The number of benzene rings is 1. The minimum Gasteiger partial charge on any atom is -0.382 e. The average Bonchev–Trinajstić information content (AvgIpc) is 3.04. The number of ether oxygens (including phenoxy) is 2. The van der Waals surface area contributed by atoms with Crippen molar-refractivity contribution in [1.29, 1.82) is 0 Å². The molecule has 0 saturated carbocycles. The normalized spacial score (nSPS) is 11.3. The van der Waals surface area contributed by atoms with Crippen LogP contribution in [0.1, 0.15) is 5.56 Å². The Morgan fingerprint density at radius 1 is 1.12 bits per heavy atom. The minimum absolute atomic E-state index is 0.124. The quantitative estimate of drug-likeness (QED) is 0.585. The van der Waals surface area contributed by atoms with Crippen molar-refractivity contribution in [1.82, 2.24) is 18.7 Å². The molecule has 0 saturated heterocycles. The Bertz CT molecular complexity index is 972. The second kappa shape index (κ2) is 7.45. The van der Waals surface area contributed by atoms with E-state index >= 15 is 0 Å². The largest absolute Gasteiger partial charge is 0.382 e. The summed E-state index contributed by atoms with van der Waals surface area (Å²) in [6.45, 7) is 1.06. The smallest absolute Gasteiger partial charge is 0.334 e. The topological polar surface area (TPSA) is 80.3 Å². The van der Waals surface area contributed by atoms with Crippen LogP contribution in [0.2, 0.25) is 0 Å². The van der Waals surface area contributed by atoms with Crippen molar-refractivity contribution in [2.75, 3.05) is 20.3 Å². The van der Waals surface area contributed by atoms with Crippen LogP contribution in [-0.4, -0.2) is 39.0 Å². The molecule has 3 rings (SSSR count). The molecule has 0 atom stereocenters. The van der Waals surface area contributed by atoms with Crippen molar-refractivity contribution in [3.8, 4) is 0 Å². The van der Waals surface area contributed by atoms with Gasteiger partial charge in [0.1, 0.15) is 6.73 Å². The Balaban J connectivity index is 2.02. The molecule has 2 aromatic heterocycles. The summed E-state index contributed by atoms with van der Waals surface area (Å²) in [5, 5.41) is 0. The number of aromatic nitrogens is 4. The van der Waals surface area contributed by atoms with Gasteiger partial charge in [-0.1, -0.05) is 30.3 Å². The fourth-order valence-electron chi connectivity index (χ4n) is 2.63. The van der Waals surface area contributed by atoms with Crippen molar-refractivity contribution in [3.05, 3.63) is 63.1 Å². The van der Waals surface area contributed by atoms with E-state index in [-0.39, 0.29) is 6.73 Å². The predicted octanol–water partition coefficient (Wildman–Crippen LogP) is 0.565. The second-order valence-electron chi connectivity index (χ2n) is 5.64. The van der Waals surface area contributed by atoms with Crippen molar-refractivity contribution in [2.24, 2.45) is 7.05 Å². The van der Waals surface area contributed by atoms with Crippen LogP contribution in [0.3, 0.4) is 0 Å². The Hall–Kier alpha value is -2.71. The van der Waals surface area contributed by atoms with E-state index in [1.807, 2.05) is 30.3 Å². The third-order valence-corrected chi connectivity index (χ3v) is 3.95. The molecule has 1 aromatic carbocycles. The summed E-state index contributed by atoms with van der Waals surface area (Å²) in [5.41, 5.74) is 0.905. The van der Waals surface area contributed by atoms with Crippen LogP contribution in [0, 0.1) is 0 Å². The van der Waals surface area contributed by atoms with Gasteiger partial charge in [-0.05, 0) is 5.56 Å². The third kappa shape index (κ3) is 3.40. The number of hydrogen-bond donors (Lipinski definition) is 0. The van der Waals surface area contributed by atoms with E-state index in [1.54, 1.807) is 25.1 Å². The summed E-state index contributed by atoms with van der Waals surface area (Å²) in [4.78, 5) is 29.5. The van der Waals surface area contributed by atoms with E-state index in [0.717, 1.165) is 10.1 Å². The van der Waals surface area contributed by atoms with Crippen LogP contribution in [0.25, 0.3) is 11.2 Å². The van der Waals surface area contributed by atoms with Crippen LogP contribution in [0.15, 0.2) is 46.2 Å². The zero-order valence-corrected chi connectivity index (χ0v) is 14.2. The molecule has 2 heterocycles. The molecule has 3 aromatic rings. The molecule has 0 N–H and O–H groups in total. The minimum atomic E-state index is -0.458. The lowest BCUT2D eigenvalue weighted by Crippen LogP contribution is -2.40. The molecule has 0 bridgehead atoms. The van der Waals surface area contributed by atoms with E-state index in [1.165, 1.54) is 4.57 Å². The first-order valence-corrected chi connectivity index (χ1v) is 7.88. The highest BCUT2D eigenvalue weighted by molar-refractivity contribution is 5.70. The molecule has 8 nitrogen and oxygen atoms in total. The summed E-state index contributed by atoms with van der Waals surface area (Å²) in [6.07, 6.45) is 1.58. The van der Waals surface area contributed by atoms with Crippen LogP contribution < -0.4 is 11.2 Å². The zero-order valence-electron chi connectivity index (χ0n) is 14.2. The number of methoxy groups -OCH3 is 1. The van der Waals surface area contributed by atoms with Crippen LogP contribution in [0.5, 0.6) is 0 Å². The fraction of sp³-hybridized carbons (Fsp3) is 0.353. The maximum atomic E-state index is 12.8. The average molecular weight is 344 g/mol. The molecule has 0 radical (unpaired) electrons. The maximum Gasteiger partial charge on any atom is 0.334 e. The molecule has 132 valence electrons. The van der Waals surface area contributed by atoms with Gasteiger partial charge in [-0.2, -0.15) is 0 Å². The van der Waals surface area contributed by atoms with E-state index < -0.39 is 11.2 Å². The van der Waals surface area contributed by atoms with Crippen molar-refractivity contribution in [3.63, 3.8) is 0 Å². The van der Waals surface area contributed by atoms with Gasteiger partial charge in [-0.25, -0.2) is 14.3 Å². The predicted molar refractivity (Wildman–Crippen MR) is 92.6 cm³/mol. The monoisotopic (exact) mass is 344 g/mol. The Kier molecular flexibility index (Phi) is 5.11. The van der Waals surface area contributed by atoms with Gasteiger partial charge in [0.25, 0.3) is 5.56 Å². The zero-order chi connectivity index (χ0) is 17.8. The highest BCUT2D eigenvalue weighted by atomic mass is 16.5. The number of hydrogen-bond acceptors (Lipinski definition) is 5. The summed E-state index contributed by atoms with van der Waals surface area (Å²) in [7, 11) is 3.15. The van der Waals surface area contributed by atoms with Crippen molar-refractivity contribution < 1.29 is 9.47 Å². The van der Waals surface area contributed by atoms with Crippen molar-refractivity contribution >= 4 is 11.2 Å². The summed E-state index contributed by atoms with van der Waals surface area (Å²) < 4.78 is 14.4. The maximum absolute atomic E-state index is 12.8. The number of nitrogens with zero attached hydrogens (tertiary/aromatic N) is 4. The SMILES string of the molecule is COCCOCn1c(=O)c2c(ncn2Cc2ccccc2)n(C)c1=O. The lowest BCUT2D eigenvalue weighted by Gasteiger charge is -2.10. The lowest BCUT2D eigenvalue weighted by molar-refractivity contribution is 0.0305. The molecule has 0 aliphatic heterocycles. The third-order valence-electron chi connectivity index (χ3n) is 3.95.